The van der Waals surface area contributed by atoms with Crippen LogP contribution < -0.4 is 5.73 Å². The third kappa shape index (κ3) is 3.68. The number of nitrogens with zero attached hydrogens (tertiary/aromatic N) is 2. The maximum atomic E-state index is 11.9. The summed E-state index contributed by atoms with van der Waals surface area (Å²) in [6.45, 7) is 10.3. The van der Waals surface area contributed by atoms with Crippen molar-refractivity contribution in [3.8, 4) is 0 Å². The zero-order valence-corrected chi connectivity index (χ0v) is 11.5. The molecule has 0 aliphatic carbocycles. The van der Waals surface area contributed by atoms with Gasteiger partial charge in [-0.3, -0.25) is 4.79 Å². The predicted octanol–water partition coefficient (Wildman–Crippen LogP) is 1.06. The summed E-state index contributed by atoms with van der Waals surface area (Å²) < 4.78 is 0. The van der Waals surface area contributed by atoms with Crippen LogP contribution in [0, 0.1) is 0 Å². The summed E-state index contributed by atoms with van der Waals surface area (Å²) in [4.78, 5) is 16.4. The molecule has 4 nitrogen and oxygen atoms in total. The Morgan fingerprint density at radius 3 is 2.24 bits per heavy atom. The maximum absolute atomic E-state index is 11.9. The van der Waals surface area contributed by atoms with E-state index in [1.54, 1.807) is 0 Å². The van der Waals surface area contributed by atoms with E-state index < -0.39 is 0 Å². The Hall–Kier alpha value is -0.610. The fourth-order valence-electron chi connectivity index (χ4n) is 2.60. The lowest BCUT2D eigenvalue weighted by Gasteiger charge is -2.38. The maximum Gasteiger partial charge on any atom is 0.239 e. The van der Waals surface area contributed by atoms with E-state index in [0.717, 1.165) is 45.4 Å². The smallest absolute Gasteiger partial charge is 0.239 e. The van der Waals surface area contributed by atoms with Gasteiger partial charge in [-0.15, -0.1) is 0 Å². The molecule has 0 aromatic carbocycles. The van der Waals surface area contributed by atoms with Crippen LogP contribution in [0.15, 0.2) is 0 Å². The molecule has 100 valence electrons. The van der Waals surface area contributed by atoms with Crippen molar-refractivity contribution in [2.75, 3.05) is 26.2 Å². The van der Waals surface area contributed by atoms with Crippen LogP contribution in [0.3, 0.4) is 0 Å². The van der Waals surface area contributed by atoms with Crippen molar-refractivity contribution in [2.45, 2.75) is 52.1 Å². The monoisotopic (exact) mass is 241 g/mol. The SMILES string of the molecule is CCC(N)C(=O)N1CCC(N(CC)CC)CC1. The normalized spacial score (nSPS) is 19.7. The highest BCUT2D eigenvalue weighted by Gasteiger charge is 2.27. The summed E-state index contributed by atoms with van der Waals surface area (Å²) in [5.74, 6) is 0.130. The number of carbonyl (C=O) groups excluding carboxylic acids is 1. The van der Waals surface area contributed by atoms with Gasteiger partial charge in [0.05, 0.1) is 6.04 Å². The molecule has 1 aliphatic rings. The lowest BCUT2D eigenvalue weighted by atomic mass is 10.0. The van der Waals surface area contributed by atoms with Crippen LogP contribution >= 0.6 is 0 Å². The molecule has 4 heteroatoms. The molecule has 0 saturated carbocycles. The molecule has 0 spiro atoms. The van der Waals surface area contributed by atoms with Crippen LogP contribution in [0.4, 0.5) is 0 Å². The van der Waals surface area contributed by atoms with E-state index in [4.69, 9.17) is 5.73 Å². The van der Waals surface area contributed by atoms with E-state index in [0.29, 0.717) is 6.04 Å². The van der Waals surface area contributed by atoms with Crippen LogP contribution in [-0.4, -0.2) is 54.0 Å². The van der Waals surface area contributed by atoms with Gasteiger partial charge in [0.25, 0.3) is 0 Å². The molecule has 2 N–H and O–H groups in total. The van der Waals surface area contributed by atoms with Gasteiger partial charge in [0.2, 0.25) is 5.91 Å². The minimum absolute atomic E-state index is 0.130. The average Bonchev–Trinajstić information content (AvgIpc) is 2.39. The first kappa shape index (κ1) is 14.5. The lowest BCUT2D eigenvalue weighted by Crippen LogP contribution is -2.50. The van der Waals surface area contributed by atoms with Crippen molar-refractivity contribution in [2.24, 2.45) is 5.73 Å². The van der Waals surface area contributed by atoms with E-state index in [1.165, 1.54) is 0 Å². The van der Waals surface area contributed by atoms with E-state index >= 15 is 0 Å². The molecule has 0 radical (unpaired) electrons. The Morgan fingerprint density at radius 2 is 1.82 bits per heavy atom. The third-order valence-electron chi connectivity index (χ3n) is 3.86. The molecule has 1 amide bonds. The van der Waals surface area contributed by atoms with Gasteiger partial charge in [-0.05, 0) is 32.4 Å². The number of nitrogens with two attached hydrogens (primary N) is 1. The van der Waals surface area contributed by atoms with Crippen LogP contribution in [0.25, 0.3) is 0 Å². The van der Waals surface area contributed by atoms with Gasteiger partial charge < -0.3 is 15.5 Å². The quantitative estimate of drug-likeness (QED) is 0.783. The molecule has 1 rings (SSSR count). The summed E-state index contributed by atoms with van der Waals surface area (Å²) in [6, 6.07) is 0.340. The molecule has 17 heavy (non-hydrogen) atoms. The summed E-state index contributed by atoms with van der Waals surface area (Å²) in [5, 5.41) is 0. The van der Waals surface area contributed by atoms with Crippen molar-refractivity contribution >= 4 is 5.91 Å². The predicted molar refractivity (Wildman–Crippen MR) is 70.8 cm³/mol. The van der Waals surface area contributed by atoms with Gasteiger partial charge in [-0.2, -0.15) is 0 Å². The number of hydrogen-bond donors (Lipinski definition) is 1. The number of hydrogen-bond acceptors (Lipinski definition) is 3. The molecule has 0 bridgehead atoms. The molecule has 1 fully saturated rings. The standard InChI is InChI=1S/C13H27N3O/c1-4-12(14)13(17)16-9-7-11(8-10-16)15(5-2)6-3/h11-12H,4-10,14H2,1-3H3. The minimum Gasteiger partial charge on any atom is -0.341 e. The number of carbonyl (C=O) groups is 1. The van der Waals surface area contributed by atoms with Crippen LogP contribution in [0.1, 0.15) is 40.0 Å². The first-order chi connectivity index (χ1) is 8.13. The van der Waals surface area contributed by atoms with E-state index in [2.05, 4.69) is 18.7 Å². The van der Waals surface area contributed by atoms with E-state index in [-0.39, 0.29) is 11.9 Å². The van der Waals surface area contributed by atoms with Gasteiger partial charge in [-0.25, -0.2) is 0 Å². The highest BCUT2D eigenvalue weighted by Crippen LogP contribution is 2.17. The highest BCUT2D eigenvalue weighted by atomic mass is 16.2. The van der Waals surface area contributed by atoms with Crippen molar-refractivity contribution in [1.82, 2.24) is 9.80 Å². The first-order valence-corrected chi connectivity index (χ1v) is 6.92. The molecular formula is C13H27N3O. The van der Waals surface area contributed by atoms with Gasteiger partial charge in [0, 0.05) is 19.1 Å². The number of amides is 1. The second-order valence-electron chi connectivity index (χ2n) is 4.79. The molecule has 1 atom stereocenters. The number of likely N-dealkylation sites (tertiary alicyclic amines) is 1. The Labute approximate surface area is 105 Å². The van der Waals surface area contributed by atoms with Gasteiger partial charge in [0.15, 0.2) is 0 Å². The van der Waals surface area contributed by atoms with Gasteiger partial charge in [-0.1, -0.05) is 20.8 Å². The van der Waals surface area contributed by atoms with Gasteiger partial charge >= 0.3 is 0 Å². The van der Waals surface area contributed by atoms with Crippen molar-refractivity contribution in [3.05, 3.63) is 0 Å². The molecule has 0 aromatic heterocycles. The summed E-state index contributed by atoms with van der Waals surface area (Å²) >= 11 is 0. The van der Waals surface area contributed by atoms with Crippen molar-refractivity contribution < 1.29 is 4.79 Å². The summed E-state index contributed by atoms with van der Waals surface area (Å²) in [7, 11) is 0. The Bertz CT molecular complexity index is 233. The molecule has 1 aliphatic heterocycles. The molecule has 0 aromatic rings. The number of piperidine rings is 1. The molecule has 1 unspecified atom stereocenters. The van der Waals surface area contributed by atoms with Crippen LogP contribution in [-0.2, 0) is 4.79 Å². The molecule has 1 heterocycles. The third-order valence-corrected chi connectivity index (χ3v) is 3.86. The molecule has 1 saturated heterocycles. The van der Waals surface area contributed by atoms with Gasteiger partial charge in [0.1, 0.15) is 0 Å². The Morgan fingerprint density at radius 1 is 1.29 bits per heavy atom. The lowest BCUT2D eigenvalue weighted by molar-refractivity contribution is -0.134. The second-order valence-corrected chi connectivity index (χ2v) is 4.79. The largest absolute Gasteiger partial charge is 0.341 e. The average molecular weight is 241 g/mol. The van der Waals surface area contributed by atoms with E-state index in [9.17, 15) is 4.79 Å². The summed E-state index contributed by atoms with van der Waals surface area (Å²) in [5.41, 5.74) is 5.79. The molecular weight excluding hydrogens is 214 g/mol. The van der Waals surface area contributed by atoms with Crippen molar-refractivity contribution in [3.63, 3.8) is 0 Å². The topological polar surface area (TPSA) is 49.6 Å². The highest BCUT2D eigenvalue weighted by molar-refractivity contribution is 5.81. The fourth-order valence-corrected chi connectivity index (χ4v) is 2.60. The zero-order chi connectivity index (χ0) is 12.8. The van der Waals surface area contributed by atoms with Crippen LogP contribution in [0.5, 0.6) is 0 Å². The van der Waals surface area contributed by atoms with Crippen molar-refractivity contribution in [1.29, 1.82) is 0 Å². The Kier molecular flexibility index (Phi) is 5.92. The number of rotatable bonds is 5. The van der Waals surface area contributed by atoms with E-state index in [1.807, 2.05) is 11.8 Å². The Balaban J connectivity index is 2.42. The van der Waals surface area contributed by atoms with Crippen LogP contribution in [0.2, 0.25) is 0 Å². The first-order valence-electron chi connectivity index (χ1n) is 6.92. The second kappa shape index (κ2) is 6.97. The summed E-state index contributed by atoms with van der Waals surface area (Å²) in [6.07, 6.45) is 2.91. The minimum atomic E-state index is -0.306. The zero-order valence-electron chi connectivity index (χ0n) is 11.5. The fraction of sp³-hybridized carbons (Fsp3) is 0.923.